The summed E-state index contributed by atoms with van der Waals surface area (Å²) in [4.78, 5) is 12.4. The van der Waals surface area contributed by atoms with Crippen LogP contribution in [-0.2, 0) is 9.84 Å². The van der Waals surface area contributed by atoms with Gasteiger partial charge < -0.3 is 5.32 Å². The summed E-state index contributed by atoms with van der Waals surface area (Å²) in [5.74, 6) is 2.30. The number of hydrogen-bond acceptors (Lipinski definition) is 5. The Balaban J connectivity index is 1.58. The Labute approximate surface area is 134 Å². The zero-order valence-corrected chi connectivity index (χ0v) is 13.1. The third-order valence-corrected chi connectivity index (χ3v) is 5.35. The van der Waals surface area contributed by atoms with Gasteiger partial charge in [-0.2, -0.15) is 10.2 Å². The molecule has 1 amide bonds. The predicted octanol–water partition coefficient (Wildman–Crippen LogP) is 2.14. The molecular formula is C16H15N3O3S. The van der Waals surface area contributed by atoms with Crippen LogP contribution in [0.3, 0.4) is 0 Å². The number of nitrogens with one attached hydrogen (secondary N) is 1. The van der Waals surface area contributed by atoms with E-state index in [4.69, 9.17) is 6.42 Å². The molecular weight excluding hydrogens is 314 g/mol. The summed E-state index contributed by atoms with van der Waals surface area (Å²) in [5, 5.41) is 12.0. The fourth-order valence-electron chi connectivity index (χ4n) is 2.46. The number of terminal acetylenes is 1. The Kier molecular flexibility index (Phi) is 3.78. The van der Waals surface area contributed by atoms with Gasteiger partial charge in [0.25, 0.3) is 5.91 Å². The summed E-state index contributed by atoms with van der Waals surface area (Å²) in [7, 11) is -3.34. The molecule has 0 aliphatic carbocycles. The Hall–Kier alpha value is -2.46. The molecule has 118 valence electrons. The topological polar surface area (TPSA) is 88.0 Å². The normalized spacial score (nSPS) is 18.2. The van der Waals surface area contributed by atoms with Crippen molar-refractivity contribution in [2.75, 3.05) is 6.54 Å². The van der Waals surface area contributed by atoms with Crippen LogP contribution in [0, 0.1) is 12.3 Å². The van der Waals surface area contributed by atoms with E-state index in [1.165, 1.54) is 18.2 Å². The van der Waals surface area contributed by atoms with Gasteiger partial charge in [-0.3, -0.25) is 4.79 Å². The molecule has 3 rings (SSSR count). The number of nitrogens with zero attached hydrogens (tertiary/aromatic N) is 2. The van der Waals surface area contributed by atoms with Gasteiger partial charge in [0, 0.05) is 36.8 Å². The van der Waals surface area contributed by atoms with Crippen molar-refractivity contribution in [1.82, 2.24) is 5.32 Å². The maximum Gasteiger partial charge on any atom is 0.251 e. The molecule has 1 N–H and O–H groups in total. The van der Waals surface area contributed by atoms with Gasteiger partial charge in [-0.25, -0.2) is 8.42 Å². The van der Waals surface area contributed by atoms with E-state index in [1.807, 2.05) is 0 Å². The zero-order chi connectivity index (χ0) is 16.5. The van der Waals surface area contributed by atoms with Crippen molar-refractivity contribution in [3.63, 3.8) is 0 Å². The van der Waals surface area contributed by atoms with Gasteiger partial charge >= 0.3 is 0 Å². The van der Waals surface area contributed by atoms with Crippen LogP contribution in [0.2, 0.25) is 0 Å². The van der Waals surface area contributed by atoms with E-state index < -0.39 is 15.5 Å². The van der Waals surface area contributed by atoms with Crippen LogP contribution in [0.15, 0.2) is 38.7 Å². The van der Waals surface area contributed by atoms with Crippen LogP contribution in [-0.4, -0.2) is 26.5 Å². The molecule has 2 heterocycles. The van der Waals surface area contributed by atoms with Crippen molar-refractivity contribution in [2.24, 2.45) is 10.2 Å². The Morgan fingerprint density at radius 2 is 2.09 bits per heavy atom. The molecule has 0 fully saturated rings. The fraction of sp³-hybridized carbons (Fsp3) is 0.312. The smallest absolute Gasteiger partial charge is 0.251 e. The number of fused-ring (bicyclic) bond motifs is 1. The highest BCUT2D eigenvalue weighted by atomic mass is 32.2. The number of rotatable bonds is 6. The first-order chi connectivity index (χ1) is 11.0. The second kappa shape index (κ2) is 5.63. The molecule has 1 aromatic carbocycles. The lowest BCUT2D eigenvalue weighted by Gasteiger charge is -2.10. The third-order valence-electron chi connectivity index (χ3n) is 3.87. The van der Waals surface area contributed by atoms with E-state index in [9.17, 15) is 13.2 Å². The van der Waals surface area contributed by atoms with Crippen LogP contribution in [0.5, 0.6) is 0 Å². The van der Waals surface area contributed by atoms with Gasteiger partial charge in [-0.15, -0.1) is 12.3 Å². The lowest BCUT2D eigenvalue weighted by molar-refractivity contribution is 0.0951. The second-order valence-electron chi connectivity index (χ2n) is 5.49. The molecule has 6 nitrogen and oxygen atoms in total. The summed E-state index contributed by atoms with van der Waals surface area (Å²) in [5.41, 5.74) is 0.539. The highest BCUT2D eigenvalue weighted by Gasteiger charge is 2.38. The third kappa shape index (κ3) is 3.17. The average Bonchev–Trinajstić information content (AvgIpc) is 3.24. The van der Waals surface area contributed by atoms with Gasteiger partial charge in [0.1, 0.15) is 0 Å². The minimum Gasteiger partial charge on any atom is -0.352 e. The van der Waals surface area contributed by atoms with Crippen molar-refractivity contribution >= 4 is 21.8 Å². The number of carbonyl (C=O) groups is 1. The first-order valence-electron chi connectivity index (χ1n) is 7.19. The van der Waals surface area contributed by atoms with Gasteiger partial charge in [0.05, 0.1) is 4.90 Å². The molecule has 0 radical (unpaired) electrons. The summed E-state index contributed by atoms with van der Waals surface area (Å²) in [6.45, 7) is 0.432. The number of hydrogen-bond donors (Lipinski definition) is 1. The number of sulfone groups is 1. The van der Waals surface area contributed by atoms with Crippen molar-refractivity contribution in [3.8, 4) is 12.3 Å². The lowest BCUT2D eigenvalue weighted by atomic mass is 10.0. The fourth-order valence-corrected chi connectivity index (χ4v) is 3.65. The number of amides is 1. The summed E-state index contributed by atoms with van der Waals surface area (Å²) in [6.07, 6.45) is 8.64. The van der Waals surface area contributed by atoms with Gasteiger partial charge in [-0.1, -0.05) is 0 Å². The van der Waals surface area contributed by atoms with Crippen LogP contribution in [0.25, 0.3) is 6.08 Å². The first-order valence-corrected chi connectivity index (χ1v) is 8.73. The minimum atomic E-state index is -3.34. The van der Waals surface area contributed by atoms with E-state index in [0.29, 0.717) is 36.9 Å². The largest absolute Gasteiger partial charge is 0.352 e. The van der Waals surface area contributed by atoms with Crippen LogP contribution in [0.4, 0.5) is 0 Å². The Bertz CT molecular complexity index is 857. The number of benzene rings is 1. The molecule has 0 atom stereocenters. The summed E-state index contributed by atoms with van der Waals surface area (Å²) >= 11 is 0. The van der Waals surface area contributed by atoms with Crippen LogP contribution >= 0.6 is 0 Å². The van der Waals surface area contributed by atoms with Crippen LogP contribution in [0.1, 0.15) is 35.2 Å². The van der Waals surface area contributed by atoms with Gasteiger partial charge in [-0.05, 0) is 29.8 Å². The van der Waals surface area contributed by atoms with Crippen molar-refractivity contribution < 1.29 is 13.2 Å². The molecule has 0 spiro atoms. The van der Waals surface area contributed by atoms with Crippen molar-refractivity contribution in [2.45, 2.75) is 29.8 Å². The molecule has 0 unspecified atom stereocenters. The molecule has 7 heteroatoms. The standard InChI is InChI=1S/C16H15N3O3S/c1-2-3-7-16(18-19-16)8-9-17-15(20)13-4-5-14-12(11-13)6-10-23(14,21)22/h1,4-6,10-11H,3,7-9H2,(H,17,20). The predicted molar refractivity (Wildman–Crippen MR) is 85.3 cm³/mol. The van der Waals surface area contributed by atoms with Gasteiger partial charge in [0.2, 0.25) is 0 Å². The Morgan fingerprint density at radius 1 is 1.30 bits per heavy atom. The highest BCUT2D eigenvalue weighted by molar-refractivity contribution is 7.94. The zero-order valence-electron chi connectivity index (χ0n) is 12.3. The van der Waals surface area contributed by atoms with Gasteiger partial charge in [0.15, 0.2) is 15.5 Å². The average molecular weight is 329 g/mol. The molecule has 0 saturated heterocycles. The minimum absolute atomic E-state index is 0.234. The molecule has 1 aromatic rings. The van der Waals surface area contributed by atoms with E-state index in [1.54, 1.807) is 6.07 Å². The van der Waals surface area contributed by atoms with Crippen LogP contribution < -0.4 is 5.32 Å². The maximum atomic E-state index is 12.1. The molecule has 2 aliphatic rings. The van der Waals surface area contributed by atoms with E-state index in [-0.39, 0.29) is 10.8 Å². The first kappa shape index (κ1) is 15.4. The monoisotopic (exact) mass is 329 g/mol. The molecule has 23 heavy (non-hydrogen) atoms. The molecule has 0 aromatic heterocycles. The van der Waals surface area contributed by atoms with Crippen molar-refractivity contribution in [1.29, 1.82) is 0 Å². The highest BCUT2D eigenvalue weighted by Crippen LogP contribution is 2.36. The summed E-state index contributed by atoms with van der Waals surface area (Å²) < 4.78 is 23.4. The summed E-state index contributed by atoms with van der Waals surface area (Å²) in [6, 6.07) is 4.55. The Morgan fingerprint density at radius 3 is 2.78 bits per heavy atom. The quantitative estimate of drug-likeness (QED) is 0.811. The molecule has 0 bridgehead atoms. The molecule has 2 aliphatic heterocycles. The SMILES string of the molecule is C#CCCC1(CCNC(=O)c2ccc3c(c2)C=CS3(=O)=O)N=N1. The lowest BCUT2D eigenvalue weighted by Crippen LogP contribution is -2.28. The van der Waals surface area contributed by atoms with E-state index in [0.717, 1.165) is 5.41 Å². The number of carbonyl (C=O) groups excluding carboxylic acids is 1. The maximum absolute atomic E-state index is 12.1. The molecule has 0 saturated carbocycles. The van der Waals surface area contributed by atoms with Crippen molar-refractivity contribution in [3.05, 3.63) is 34.7 Å². The van der Waals surface area contributed by atoms with E-state index >= 15 is 0 Å². The second-order valence-corrected chi connectivity index (χ2v) is 7.29. The van der Waals surface area contributed by atoms with E-state index in [2.05, 4.69) is 21.5 Å².